The number of para-hydroxylation sites is 1. The van der Waals surface area contributed by atoms with Crippen LogP contribution in [0.3, 0.4) is 0 Å². The molecule has 0 bridgehead atoms. The Balaban J connectivity index is 2.64. The number of aliphatic hydroxyl groups excluding tert-OH is 2. The molecule has 2 rings (SSSR count). The Hall–Kier alpha value is -2.24. The number of nitrogen functional groups attached to an aromatic ring is 2. The van der Waals surface area contributed by atoms with Gasteiger partial charge in [0.25, 0.3) is 0 Å². The van der Waals surface area contributed by atoms with Crippen LogP contribution in [-0.4, -0.2) is 37.0 Å². The van der Waals surface area contributed by atoms with Crippen molar-refractivity contribution < 1.29 is 10.2 Å². The molecule has 6 N–H and O–H groups in total. The highest BCUT2D eigenvalue weighted by molar-refractivity contribution is 5.85. The number of aliphatic hydroxyl groups is 2. The summed E-state index contributed by atoms with van der Waals surface area (Å²) < 4.78 is 0. The van der Waals surface area contributed by atoms with Crippen LogP contribution in [0, 0.1) is 0 Å². The molecule has 0 aliphatic rings. The molecule has 5 nitrogen and oxygen atoms in total. The van der Waals surface area contributed by atoms with Crippen molar-refractivity contribution in [2.24, 2.45) is 0 Å². The SMILES string of the molecule is CN(C)c1ccccc1-c1cc(N)cc(N)c1CC(O)CO. The fraction of sp³-hybridized carbons (Fsp3) is 0.294. The Morgan fingerprint density at radius 1 is 1.09 bits per heavy atom. The predicted molar refractivity (Wildman–Crippen MR) is 91.8 cm³/mol. The van der Waals surface area contributed by atoms with Crippen LogP contribution in [0.25, 0.3) is 11.1 Å². The van der Waals surface area contributed by atoms with Gasteiger partial charge in [-0.1, -0.05) is 18.2 Å². The van der Waals surface area contributed by atoms with Gasteiger partial charge in [-0.05, 0) is 29.3 Å². The second-order valence-corrected chi connectivity index (χ2v) is 5.59. The zero-order valence-corrected chi connectivity index (χ0v) is 13.0. The van der Waals surface area contributed by atoms with E-state index in [1.165, 1.54) is 0 Å². The van der Waals surface area contributed by atoms with Gasteiger partial charge < -0.3 is 26.6 Å². The first-order valence-electron chi connectivity index (χ1n) is 7.17. The number of benzene rings is 2. The molecule has 0 amide bonds. The molecule has 22 heavy (non-hydrogen) atoms. The molecule has 0 fully saturated rings. The molecule has 5 heteroatoms. The summed E-state index contributed by atoms with van der Waals surface area (Å²) in [4.78, 5) is 2.01. The van der Waals surface area contributed by atoms with E-state index in [4.69, 9.17) is 16.6 Å². The van der Waals surface area contributed by atoms with Crippen LogP contribution in [0.2, 0.25) is 0 Å². The van der Waals surface area contributed by atoms with E-state index >= 15 is 0 Å². The van der Waals surface area contributed by atoms with E-state index in [9.17, 15) is 5.11 Å². The average Bonchev–Trinajstić information content (AvgIpc) is 2.49. The number of nitrogens with two attached hydrogens (primary N) is 2. The molecule has 1 atom stereocenters. The molecule has 0 aromatic heterocycles. The Kier molecular flexibility index (Phi) is 4.90. The van der Waals surface area contributed by atoms with Gasteiger partial charge in [0.1, 0.15) is 0 Å². The standard InChI is InChI=1S/C17H23N3O2/c1-20(2)17-6-4-3-5-13(17)14-7-11(18)8-16(19)15(14)9-12(22)10-21/h3-8,12,21-22H,9-10,18-19H2,1-2H3. The largest absolute Gasteiger partial charge is 0.399 e. The molecule has 0 saturated heterocycles. The number of rotatable bonds is 5. The fourth-order valence-electron chi connectivity index (χ4n) is 2.58. The van der Waals surface area contributed by atoms with Crippen molar-refractivity contribution in [2.75, 3.05) is 37.1 Å². The summed E-state index contributed by atoms with van der Waals surface area (Å²) in [5, 5.41) is 18.9. The smallest absolute Gasteiger partial charge is 0.0812 e. The van der Waals surface area contributed by atoms with Gasteiger partial charge in [0, 0.05) is 43.1 Å². The monoisotopic (exact) mass is 301 g/mol. The van der Waals surface area contributed by atoms with Crippen molar-refractivity contribution in [3.05, 3.63) is 42.0 Å². The van der Waals surface area contributed by atoms with Crippen LogP contribution in [0.15, 0.2) is 36.4 Å². The summed E-state index contributed by atoms with van der Waals surface area (Å²) in [6, 6.07) is 11.5. The lowest BCUT2D eigenvalue weighted by Gasteiger charge is -2.21. The van der Waals surface area contributed by atoms with Gasteiger partial charge in [-0.15, -0.1) is 0 Å². The van der Waals surface area contributed by atoms with E-state index in [2.05, 4.69) is 0 Å². The second kappa shape index (κ2) is 6.68. The maximum absolute atomic E-state index is 9.81. The molecule has 0 saturated carbocycles. The molecule has 0 radical (unpaired) electrons. The Morgan fingerprint density at radius 3 is 2.41 bits per heavy atom. The Bertz CT molecular complexity index is 656. The summed E-state index contributed by atoms with van der Waals surface area (Å²) in [6.45, 7) is -0.307. The normalized spacial score (nSPS) is 12.2. The van der Waals surface area contributed by atoms with Crippen LogP contribution >= 0.6 is 0 Å². The first-order valence-corrected chi connectivity index (χ1v) is 7.17. The van der Waals surface area contributed by atoms with Gasteiger partial charge >= 0.3 is 0 Å². The van der Waals surface area contributed by atoms with E-state index in [1.54, 1.807) is 6.07 Å². The first kappa shape index (κ1) is 16.1. The van der Waals surface area contributed by atoms with Crippen LogP contribution in [0.5, 0.6) is 0 Å². The molecule has 0 aliphatic carbocycles. The summed E-state index contributed by atoms with van der Waals surface area (Å²) >= 11 is 0. The lowest BCUT2D eigenvalue weighted by molar-refractivity contribution is 0.0957. The number of hydrogen-bond donors (Lipinski definition) is 4. The molecular weight excluding hydrogens is 278 g/mol. The fourth-order valence-corrected chi connectivity index (χ4v) is 2.58. The molecule has 118 valence electrons. The summed E-state index contributed by atoms with van der Waals surface area (Å²) in [7, 11) is 3.94. The third-order valence-electron chi connectivity index (χ3n) is 3.63. The van der Waals surface area contributed by atoms with Gasteiger partial charge in [0.2, 0.25) is 0 Å². The van der Waals surface area contributed by atoms with Gasteiger partial charge in [-0.25, -0.2) is 0 Å². The lowest BCUT2D eigenvalue weighted by Crippen LogP contribution is -2.17. The Morgan fingerprint density at radius 2 is 1.77 bits per heavy atom. The average molecular weight is 301 g/mol. The maximum Gasteiger partial charge on any atom is 0.0812 e. The highest BCUT2D eigenvalue weighted by Crippen LogP contribution is 2.36. The minimum atomic E-state index is -0.851. The van der Waals surface area contributed by atoms with E-state index in [1.807, 2.05) is 49.3 Å². The zero-order valence-electron chi connectivity index (χ0n) is 13.0. The van der Waals surface area contributed by atoms with E-state index in [0.717, 1.165) is 22.4 Å². The quantitative estimate of drug-likeness (QED) is 0.627. The third kappa shape index (κ3) is 3.32. The number of hydrogen-bond acceptors (Lipinski definition) is 5. The molecule has 0 heterocycles. The van der Waals surface area contributed by atoms with Crippen LogP contribution in [0.1, 0.15) is 5.56 Å². The third-order valence-corrected chi connectivity index (χ3v) is 3.63. The van der Waals surface area contributed by atoms with Gasteiger partial charge in [-0.3, -0.25) is 0 Å². The molecule has 2 aromatic rings. The number of anilines is 3. The van der Waals surface area contributed by atoms with Gasteiger partial charge in [0.15, 0.2) is 0 Å². The second-order valence-electron chi connectivity index (χ2n) is 5.59. The Labute approximate surface area is 130 Å². The van der Waals surface area contributed by atoms with Crippen molar-refractivity contribution >= 4 is 17.1 Å². The summed E-state index contributed by atoms with van der Waals surface area (Å²) in [5.74, 6) is 0. The number of nitrogens with zero attached hydrogens (tertiary/aromatic N) is 1. The summed E-state index contributed by atoms with van der Waals surface area (Å²) in [5.41, 5.74) is 16.9. The van der Waals surface area contributed by atoms with Crippen LogP contribution in [0.4, 0.5) is 17.1 Å². The van der Waals surface area contributed by atoms with Gasteiger partial charge in [-0.2, -0.15) is 0 Å². The van der Waals surface area contributed by atoms with Gasteiger partial charge in [0.05, 0.1) is 12.7 Å². The molecular formula is C17H23N3O2. The van der Waals surface area contributed by atoms with Crippen molar-refractivity contribution in [1.82, 2.24) is 0 Å². The molecule has 0 spiro atoms. The topological polar surface area (TPSA) is 95.7 Å². The minimum absolute atomic E-state index is 0.277. The maximum atomic E-state index is 9.81. The molecule has 0 aliphatic heterocycles. The van der Waals surface area contributed by atoms with E-state index in [0.29, 0.717) is 11.4 Å². The highest BCUT2D eigenvalue weighted by atomic mass is 16.3. The lowest BCUT2D eigenvalue weighted by atomic mass is 9.92. The van der Waals surface area contributed by atoms with Crippen molar-refractivity contribution in [3.8, 4) is 11.1 Å². The highest BCUT2D eigenvalue weighted by Gasteiger charge is 2.16. The summed E-state index contributed by atoms with van der Waals surface area (Å²) in [6.07, 6.45) is -0.573. The van der Waals surface area contributed by atoms with Crippen molar-refractivity contribution in [2.45, 2.75) is 12.5 Å². The van der Waals surface area contributed by atoms with Crippen molar-refractivity contribution in [1.29, 1.82) is 0 Å². The van der Waals surface area contributed by atoms with E-state index < -0.39 is 6.10 Å². The van der Waals surface area contributed by atoms with Crippen LogP contribution < -0.4 is 16.4 Å². The first-order chi connectivity index (χ1) is 10.4. The minimum Gasteiger partial charge on any atom is -0.399 e. The van der Waals surface area contributed by atoms with Crippen LogP contribution in [-0.2, 0) is 6.42 Å². The van der Waals surface area contributed by atoms with E-state index in [-0.39, 0.29) is 13.0 Å². The van der Waals surface area contributed by atoms with Crippen molar-refractivity contribution in [3.63, 3.8) is 0 Å². The predicted octanol–water partition coefficient (Wildman–Crippen LogP) is 1.48. The zero-order chi connectivity index (χ0) is 16.3. The molecule has 2 aromatic carbocycles. The molecule has 1 unspecified atom stereocenters.